The van der Waals surface area contributed by atoms with Gasteiger partial charge in [0.2, 0.25) is 17.5 Å². The summed E-state index contributed by atoms with van der Waals surface area (Å²) in [6, 6.07) is 9.93. The number of likely N-dealkylation sites (N-methyl/N-ethyl adjacent to an activating group) is 1. The van der Waals surface area contributed by atoms with Gasteiger partial charge in [-0.05, 0) is 19.1 Å². The molecule has 0 saturated carbocycles. The zero-order valence-corrected chi connectivity index (χ0v) is 12.0. The minimum atomic E-state index is 0.301. The van der Waals surface area contributed by atoms with Crippen molar-refractivity contribution in [1.29, 1.82) is 5.26 Å². The van der Waals surface area contributed by atoms with Crippen molar-refractivity contribution in [1.82, 2.24) is 4.98 Å². The fourth-order valence-corrected chi connectivity index (χ4v) is 1.84. The first-order valence-corrected chi connectivity index (χ1v) is 6.61. The minimum absolute atomic E-state index is 0.301. The number of nitrogens with zero attached hydrogens (tertiary/aromatic N) is 2. The second-order valence-corrected chi connectivity index (χ2v) is 5.06. The standard InChI is InChI=1S/C15H18N4O/c1-11-5-4-6-12(9-11)14-18-13(10-16)15(20-14)17-7-8-19(2)3/h4-6,9,17H,7-8H2,1-3H3/p+1. The number of aryl methyl sites for hydroxylation is 1. The molecule has 0 spiro atoms. The number of rotatable bonds is 5. The summed E-state index contributed by atoms with van der Waals surface area (Å²) in [5.74, 6) is 0.926. The smallest absolute Gasteiger partial charge is 0.232 e. The largest absolute Gasteiger partial charge is 0.419 e. The van der Waals surface area contributed by atoms with E-state index in [4.69, 9.17) is 9.68 Å². The third kappa shape index (κ3) is 3.37. The van der Waals surface area contributed by atoms with Crippen LogP contribution in [0.4, 0.5) is 5.88 Å². The van der Waals surface area contributed by atoms with Gasteiger partial charge >= 0.3 is 0 Å². The maximum atomic E-state index is 9.12. The van der Waals surface area contributed by atoms with Crippen LogP contribution < -0.4 is 10.2 Å². The number of aromatic nitrogens is 1. The van der Waals surface area contributed by atoms with Crippen molar-refractivity contribution in [3.05, 3.63) is 35.5 Å². The van der Waals surface area contributed by atoms with E-state index in [1.165, 1.54) is 4.90 Å². The number of hydrogen-bond donors (Lipinski definition) is 2. The Bertz CT molecular complexity index is 625. The van der Waals surface area contributed by atoms with Crippen LogP contribution >= 0.6 is 0 Å². The van der Waals surface area contributed by atoms with Gasteiger partial charge < -0.3 is 14.6 Å². The van der Waals surface area contributed by atoms with Crippen molar-refractivity contribution >= 4 is 5.88 Å². The number of nitriles is 1. The van der Waals surface area contributed by atoms with Crippen molar-refractivity contribution in [2.24, 2.45) is 0 Å². The molecule has 5 nitrogen and oxygen atoms in total. The molecule has 0 bridgehead atoms. The van der Waals surface area contributed by atoms with Crippen LogP contribution in [0.1, 0.15) is 11.3 Å². The Kier molecular flexibility index (Phi) is 4.38. The average Bonchev–Trinajstić information content (AvgIpc) is 2.81. The molecule has 0 unspecified atom stereocenters. The molecular weight excluding hydrogens is 252 g/mol. The highest BCUT2D eigenvalue weighted by Gasteiger charge is 2.14. The molecule has 0 aliphatic carbocycles. The lowest BCUT2D eigenvalue weighted by molar-refractivity contribution is -0.856. The van der Waals surface area contributed by atoms with Crippen LogP contribution in [-0.2, 0) is 0 Å². The fourth-order valence-electron chi connectivity index (χ4n) is 1.84. The summed E-state index contributed by atoms with van der Waals surface area (Å²) in [6.07, 6.45) is 0. The number of quaternary nitrogens is 1. The van der Waals surface area contributed by atoms with Crippen molar-refractivity contribution in [3.8, 4) is 17.5 Å². The monoisotopic (exact) mass is 271 g/mol. The summed E-state index contributed by atoms with van der Waals surface area (Å²) in [5.41, 5.74) is 2.31. The third-order valence-electron chi connectivity index (χ3n) is 2.91. The molecule has 0 radical (unpaired) electrons. The van der Waals surface area contributed by atoms with Crippen LogP contribution in [0.5, 0.6) is 0 Å². The molecule has 20 heavy (non-hydrogen) atoms. The second-order valence-electron chi connectivity index (χ2n) is 5.06. The van der Waals surface area contributed by atoms with Crippen LogP contribution in [0.15, 0.2) is 28.7 Å². The van der Waals surface area contributed by atoms with Crippen molar-refractivity contribution in [2.75, 3.05) is 32.5 Å². The highest BCUT2D eigenvalue weighted by atomic mass is 16.4. The summed E-state index contributed by atoms with van der Waals surface area (Å²) < 4.78 is 5.67. The Labute approximate surface area is 118 Å². The predicted octanol–water partition coefficient (Wildman–Crippen LogP) is 1.08. The summed E-state index contributed by atoms with van der Waals surface area (Å²) in [4.78, 5) is 5.57. The van der Waals surface area contributed by atoms with Gasteiger partial charge in [0.1, 0.15) is 6.07 Å². The Hall–Kier alpha value is -2.32. The first-order chi connectivity index (χ1) is 9.60. The van der Waals surface area contributed by atoms with E-state index in [-0.39, 0.29) is 0 Å². The molecule has 2 aromatic rings. The number of hydrogen-bond acceptors (Lipinski definition) is 4. The van der Waals surface area contributed by atoms with Crippen molar-refractivity contribution in [2.45, 2.75) is 6.92 Å². The topological polar surface area (TPSA) is 66.3 Å². The van der Waals surface area contributed by atoms with Gasteiger partial charge in [-0.2, -0.15) is 10.2 Å². The Morgan fingerprint density at radius 3 is 2.85 bits per heavy atom. The lowest BCUT2D eigenvalue weighted by atomic mass is 10.1. The highest BCUT2D eigenvalue weighted by molar-refractivity contribution is 5.59. The number of nitrogens with one attached hydrogen (secondary N) is 2. The Morgan fingerprint density at radius 2 is 2.20 bits per heavy atom. The van der Waals surface area contributed by atoms with E-state index in [1.807, 2.05) is 31.2 Å². The van der Waals surface area contributed by atoms with Crippen molar-refractivity contribution in [3.63, 3.8) is 0 Å². The molecule has 1 heterocycles. The summed E-state index contributed by atoms with van der Waals surface area (Å²) >= 11 is 0. The molecule has 5 heteroatoms. The maximum Gasteiger partial charge on any atom is 0.232 e. The zero-order valence-electron chi connectivity index (χ0n) is 12.0. The van der Waals surface area contributed by atoms with Gasteiger partial charge in [-0.15, -0.1) is 0 Å². The number of benzene rings is 1. The van der Waals surface area contributed by atoms with Crippen molar-refractivity contribution < 1.29 is 9.32 Å². The molecule has 0 fully saturated rings. The summed E-state index contributed by atoms with van der Waals surface area (Å²) in [7, 11) is 4.15. The molecule has 0 atom stereocenters. The molecule has 1 aromatic heterocycles. The predicted molar refractivity (Wildman–Crippen MR) is 77.6 cm³/mol. The number of oxazole rings is 1. The van der Waals surface area contributed by atoms with Gasteiger partial charge in [0.15, 0.2) is 0 Å². The van der Waals surface area contributed by atoms with Gasteiger partial charge in [0, 0.05) is 5.56 Å². The Balaban J connectivity index is 2.20. The molecule has 104 valence electrons. The SMILES string of the molecule is Cc1cccc(-c2nc(C#N)c(NCC[NH+](C)C)o2)c1. The normalized spacial score (nSPS) is 10.6. The lowest BCUT2D eigenvalue weighted by Crippen LogP contribution is -3.06. The highest BCUT2D eigenvalue weighted by Crippen LogP contribution is 2.25. The van der Waals surface area contributed by atoms with Gasteiger partial charge in [-0.1, -0.05) is 17.7 Å². The van der Waals surface area contributed by atoms with Gasteiger partial charge in [0.25, 0.3) is 0 Å². The van der Waals surface area contributed by atoms with E-state index in [0.717, 1.165) is 24.2 Å². The maximum absolute atomic E-state index is 9.12. The average molecular weight is 271 g/mol. The molecule has 0 saturated heterocycles. The lowest BCUT2D eigenvalue weighted by Gasteiger charge is -2.07. The zero-order chi connectivity index (χ0) is 14.5. The first-order valence-electron chi connectivity index (χ1n) is 6.61. The molecular formula is C15H19N4O+. The van der Waals surface area contributed by atoms with Crippen LogP contribution in [0.3, 0.4) is 0 Å². The quantitative estimate of drug-likeness (QED) is 0.854. The van der Waals surface area contributed by atoms with E-state index in [1.54, 1.807) is 0 Å². The summed E-state index contributed by atoms with van der Waals surface area (Å²) in [5, 5.41) is 12.3. The minimum Gasteiger partial charge on any atom is -0.419 e. The van der Waals surface area contributed by atoms with Gasteiger partial charge in [-0.25, -0.2) is 0 Å². The molecule has 1 aromatic carbocycles. The second kappa shape index (κ2) is 6.22. The van der Waals surface area contributed by atoms with Gasteiger partial charge in [-0.3, -0.25) is 0 Å². The molecule has 2 rings (SSSR count). The third-order valence-corrected chi connectivity index (χ3v) is 2.91. The summed E-state index contributed by atoms with van der Waals surface area (Å²) in [6.45, 7) is 3.68. The molecule has 0 amide bonds. The Morgan fingerprint density at radius 1 is 1.40 bits per heavy atom. The van der Waals surface area contributed by atoms with Crippen LogP contribution in [0.2, 0.25) is 0 Å². The number of anilines is 1. The molecule has 0 aliphatic heterocycles. The van der Waals surface area contributed by atoms with Crippen LogP contribution in [0.25, 0.3) is 11.5 Å². The first kappa shape index (κ1) is 14.1. The van der Waals surface area contributed by atoms with E-state index in [9.17, 15) is 0 Å². The molecule has 2 N–H and O–H groups in total. The molecule has 0 aliphatic rings. The van der Waals surface area contributed by atoms with E-state index >= 15 is 0 Å². The van der Waals surface area contributed by atoms with E-state index in [0.29, 0.717) is 17.5 Å². The van der Waals surface area contributed by atoms with Gasteiger partial charge in [0.05, 0.1) is 27.2 Å². The van der Waals surface area contributed by atoms with Crippen LogP contribution in [0, 0.1) is 18.3 Å². The van der Waals surface area contributed by atoms with Crippen LogP contribution in [-0.4, -0.2) is 32.2 Å². The van der Waals surface area contributed by atoms with E-state index in [2.05, 4.69) is 30.5 Å². The fraction of sp³-hybridized carbons (Fsp3) is 0.333. The van der Waals surface area contributed by atoms with E-state index < -0.39 is 0 Å².